The maximum atomic E-state index is 12.7. The minimum absolute atomic E-state index is 0.0802. The third-order valence-corrected chi connectivity index (χ3v) is 4.05. The molecule has 110 valence electrons. The molecule has 2 unspecified atom stereocenters. The Kier molecular flexibility index (Phi) is 4.53. The predicted octanol–water partition coefficient (Wildman–Crippen LogP) is 3.07. The highest BCUT2D eigenvalue weighted by Crippen LogP contribution is 2.29. The van der Waals surface area contributed by atoms with Crippen molar-refractivity contribution in [2.75, 3.05) is 12.3 Å². The van der Waals surface area contributed by atoms with Crippen LogP contribution in [0.1, 0.15) is 50.4 Å². The predicted molar refractivity (Wildman–Crippen MR) is 81.0 cm³/mol. The van der Waals surface area contributed by atoms with Gasteiger partial charge in [0, 0.05) is 17.6 Å². The zero-order valence-corrected chi connectivity index (χ0v) is 12.6. The molecule has 2 atom stereocenters. The minimum atomic E-state index is 0.0802. The normalized spacial score (nSPS) is 22.1. The Morgan fingerprint density at radius 2 is 2.15 bits per heavy atom. The first-order valence-electron chi connectivity index (χ1n) is 7.43. The van der Waals surface area contributed by atoms with Crippen LogP contribution in [0.3, 0.4) is 0 Å². The Hall–Kier alpha value is -1.71. The van der Waals surface area contributed by atoms with Crippen molar-refractivity contribution in [3.8, 4) is 5.75 Å². The zero-order chi connectivity index (χ0) is 14.7. The first-order chi connectivity index (χ1) is 9.58. The van der Waals surface area contributed by atoms with Gasteiger partial charge in [-0.1, -0.05) is 6.92 Å². The largest absolute Gasteiger partial charge is 0.492 e. The van der Waals surface area contributed by atoms with Crippen molar-refractivity contribution in [2.45, 2.75) is 52.1 Å². The van der Waals surface area contributed by atoms with Crippen molar-refractivity contribution >= 4 is 11.6 Å². The van der Waals surface area contributed by atoms with E-state index in [0.717, 1.165) is 19.3 Å². The molecule has 0 bridgehead atoms. The van der Waals surface area contributed by atoms with E-state index in [4.69, 9.17) is 10.5 Å². The molecule has 4 heteroatoms. The molecule has 0 spiro atoms. The van der Waals surface area contributed by atoms with Crippen LogP contribution in [0.2, 0.25) is 0 Å². The molecule has 20 heavy (non-hydrogen) atoms. The van der Waals surface area contributed by atoms with E-state index in [1.54, 1.807) is 18.2 Å². The van der Waals surface area contributed by atoms with Crippen molar-refractivity contribution in [1.82, 2.24) is 4.90 Å². The third-order valence-electron chi connectivity index (χ3n) is 4.05. The standard InChI is InChI=1S/C16H24N2O2/c1-4-13-8-6-11(3)18(13)16(19)12-7-9-15(20-5-2)14(17)10-12/h7,9-11,13H,4-6,8,17H2,1-3H3. The van der Waals surface area contributed by atoms with Gasteiger partial charge in [-0.2, -0.15) is 0 Å². The zero-order valence-electron chi connectivity index (χ0n) is 12.6. The SMILES string of the molecule is CCOc1ccc(C(=O)N2C(C)CCC2CC)cc1N. The highest BCUT2D eigenvalue weighted by molar-refractivity contribution is 5.96. The summed E-state index contributed by atoms with van der Waals surface area (Å²) in [5.41, 5.74) is 7.13. The Morgan fingerprint density at radius 3 is 2.75 bits per heavy atom. The second-order valence-electron chi connectivity index (χ2n) is 5.39. The maximum absolute atomic E-state index is 12.7. The van der Waals surface area contributed by atoms with Crippen LogP contribution in [0.15, 0.2) is 18.2 Å². The molecule has 1 amide bonds. The molecule has 1 aliphatic heterocycles. The summed E-state index contributed by atoms with van der Waals surface area (Å²) < 4.78 is 5.41. The number of amides is 1. The Balaban J connectivity index is 2.22. The van der Waals surface area contributed by atoms with Crippen LogP contribution in [0.25, 0.3) is 0 Å². The number of likely N-dealkylation sites (tertiary alicyclic amines) is 1. The van der Waals surface area contributed by atoms with E-state index >= 15 is 0 Å². The Bertz CT molecular complexity index is 487. The average molecular weight is 276 g/mol. The van der Waals surface area contributed by atoms with E-state index in [-0.39, 0.29) is 5.91 Å². The lowest BCUT2D eigenvalue weighted by Crippen LogP contribution is -2.39. The summed E-state index contributed by atoms with van der Waals surface area (Å²) in [5, 5.41) is 0. The van der Waals surface area contributed by atoms with E-state index in [1.807, 2.05) is 11.8 Å². The van der Waals surface area contributed by atoms with Crippen LogP contribution in [-0.4, -0.2) is 29.5 Å². The second kappa shape index (κ2) is 6.16. The van der Waals surface area contributed by atoms with Gasteiger partial charge in [0.15, 0.2) is 0 Å². The summed E-state index contributed by atoms with van der Waals surface area (Å²) in [6.07, 6.45) is 3.18. The second-order valence-corrected chi connectivity index (χ2v) is 5.39. The smallest absolute Gasteiger partial charge is 0.254 e. The maximum Gasteiger partial charge on any atom is 0.254 e. The fourth-order valence-electron chi connectivity index (χ4n) is 2.96. The van der Waals surface area contributed by atoms with Crippen molar-refractivity contribution in [3.05, 3.63) is 23.8 Å². The highest BCUT2D eigenvalue weighted by Gasteiger charge is 2.33. The van der Waals surface area contributed by atoms with Gasteiger partial charge in [0.1, 0.15) is 5.75 Å². The molecule has 2 N–H and O–H groups in total. The van der Waals surface area contributed by atoms with E-state index in [2.05, 4.69) is 13.8 Å². The molecule has 2 rings (SSSR count). The number of nitrogens with zero attached hydrogens (tertiary/aromatic N) is 1. The quantitative estimate of drug-likeness (QED) is 0.860. The number of hydrogen-bond donors (Lipinski definition) is 1. The van der Waals surface area contributed by atoms with Crippen LogP contribution >= 0.6 is 0 Å². The van der Waals surface area contributed by atoms with Gasteiger partial charge in [0.05, 0.1) is 12.3 Å². The van der Waals surface area contributed by atoms with E-state index in [1.165, 1.54) is 0 Å². The monoisotopic (exact) mass is 276 g/mol. The summed E-state index contributed by atoms with van der Waals surface area (Å²) in [5.74, 6) is 0.724. The topological polar surface area (TPSA) is 55.6 Å². The first-order valence-corrected chi connectivity index (χ1v) is 7.43. The number of hydrogen-bond acceptors (Lipinski definition) is 3. The van der Waals surface area contributed by atoms with Crippen LogP contribution in [0.4, 0.5) is 5.69 Å². The van der Waals surface area contributed by atoms with Crippen LogP contribution in [0, 0.1) is 0 Å². The van der Waals surface area contributed by atoms with Crippen LogP contribution in [0.5, 0.6) is 5.75 Å². The van der Waals surface area contributed by atoms with E-state index in [9.17, 15) is 4.79 Å². The lowest BCUT2D eigenvalue weighted by atomic mass is 10.1. The number of nitrogen functional groups attached to an aromatic ring is 1. The molecule has 4 nitrogen and oxygen atoms in total. The molecule has 0 aromatic heterocycles. The van der Waals surface area contributed by atoms with Gasteiger partial charge in [-0.15, -0.1) is 0 Å². The van der Waals surface area contributed by atoms with Crippen molar-refractivity contribution in [3.63, 3.8) is 0 Å². The van der Waals surface area contributed by atoms with Gasteiger partial charge in [-0.3, -0.25) is 4.79 Å². The number of carbonyl (C=O) groups excluding carboxylic acids is 1. The van der Waals surface area contributed by atoms with Gasteiger partial charge in [0.25, 0.3) is 5.91 Å². The van der Waals surface area contributed by atoms with Gasteiger partial charge in [0.2, 0.25) is 0 Å². The lowest BCUT2D eigenvalue weighted by molar-refractivity contribution is 0.0676. The van der Waals surface area contributed by atoms with Gasteiger partial charge >= 0.3 is 0 Å². The molecule has 0 radical (unpaired) electrons. The average Bonchev–Trinajstić information content (AvgIpc) is 2.81. The number of anilines is 1. The minimum Gasteiger partial charge on any atom is -0.492 e. The number of rotatable bonds is 4. The molecule has 1 aromatic rings. The van der Waals surface area contributed by atoms with Gasteiger partial charge in [-0.25, -0.2) is 0 Å². The lowest BCUT2D eigenvalue weighted by Gasteiger charge is -2.28. The van der Waals surface area contributed by atoms with Crippen molar-refractivity contribution in [1.29, 1.82) is 0 Å². The molecule has 1 aliphatic rings. The molecular formula is C16H24N2O2. The molecule has 0 saturated carbocycles. The summed E-state index contributed by atoms with van der Waals surface area (Å²) in [7, 11) is 0. The van der Waals surface area contributed by atoms with E-state index < -0.39 is 0 Å². The van der Waals surface area contributed by atoms with Crippen molar-refractivity contribution in [2.24, 2.45) is 0 Å². The van der Waals surface area contributed by atoms with Gasteiger partial charge in [-0.05, 0) is 51.3 Å². The van der Waals surface area contributed by atoms with Gasteiger partial charge < -0.3 is 15.4 Å². The first kappa shape index (κ1) is 14.7. The summed E-state index contributed by atoms with van der Waals surface area (Å²) in [4.78, 5) is 14.7. The number of benzene rings is 1. The summed E-state index contributed by atoms with van der Waals surface area (Å²) in [6, 6.07) is 5.98. The highest BCUT2D eigenvalue weighted by atomic mass is 16.5. The van der Waals surface area contributed by atoms with Crippen LogP contribution < -0.4 is 10.5 Å². The number of ether oxygens (including phenoxy) is 1. The summed E-state index contributed by atoms with van der Waals surface area (Å²) >= 11 is 0. The Morgan fingerprint density at radius 1 is 1.40 bits per heavy atom. The fourth-order valence-corrected chi connectivity index (χ4v) is 2.96. The van der Waals surface area contributed by atoms with Crippen molar-refractivity contribution < 1.29 is 9.53 Å². The van der Waals surface area contributed by atoms with Crippen LogP contribution in [-0.2, 0) is 0 Å². The molecule has 1 aromatic carbocycles. The fraction of sp³-hybridized carbons (Fsp3) is 0.562. The van der Waals surface area contributed by atoms with E-state index in [0.29, 0.717) is 35.7 Å². The number of nitrogens with two attached hydrogens (primary N) is 1. The third kappa shape index (κ3) is 2.74. The number of carbonyl (C=O) groups is 1. The molecule has 1 fully saturated rings. The molecule has 0 aliphatic carbocycles. The Labute approximate surface area is 120 Å². The molecule has 1 heterocycles. The molecular weight excluding hydrogens is 252 g/mol. The summed E-state index contributed by atoms with van der Waals surface area (Å²) in [6.45, 7) is 6.73. The molecule has 1 saturated heterocycles.